The smallest absolute Gasteiger partial charge is 0.311 e. The highest BCUT2D eigenvalue weighted by Gasteiger charge is 2.11. The maximum absolute atomic E-state index is 11.7. The van der Waals surface area contributed by atoms with E-state index < -0.39 is 0 Å². The van der Waals surface area contributed by atoms with Crippen LogP contribution in [0.1, 0.15) is 59.8 Å². The predicted octanol–water partition coefficient (Wildman–Crippen LogP) is 4.51. The molecule has 0 saturated carbocycles. The first kappa shape index (κ1) is 18.2. The van der Waals surface area contributed by atoms with Gasteiger partial charge in [0.25, 0.3) is 0 Å². The minimum atomic E-state index is -0.288. The van der Waals surface area contributed by atoms with Gasteiger partial charge in [-0.15, -0.1) is 0 Å². The lowest BCUT2D eigenvalue weighted by molar-refractivity contribution is -0.135. The minimum absolute atomic E-state index is 0.229. The van der Waals surface area contributed by atoms with E-state index in [1.54, 1.807) is 31.2 Å². The van der Waals surface area contributed by atoms with E-state index in [9.17, 15) is 9.59 Å². The van der Waals surface area contributed by atoms with Gasteiger partial charge in [0.1, 0.15) is 11.5 Å². The van der Waals surface area contributed by atoms with Crippen LogP contribution in [0, 0.1) is 5.41 Å². The third-order valence-corrected chi connectivity index (χ3v) is 3.13. The van der Waals surface area contributed by atoms with E-state index in [2.05, 4.69) is 20.8 Å². The molecule has 0 amide bonds. The van der Waals surface area contributed by atoms with Crippen molar-refractivity contribution in [2.75, 3.05) is 0 Å². The van der Waals surface area contributed by atoms with E-state index in [1.165, 1.54) is 0 Å². The first-order chi connectivity index (χ1) is 10.3. The van der Waals surface area contributed by atoms with Gasteiger partial charge in [0.15, 0.2) is 0 Å². The number of carbonyl (C=O) groups excluding carboxylic acids is 2. The number of hydrogen-bond acceptors (Lipinski definition) is 4. The van der Waals surface area contributed by atoms with Crippen molar-refractivity contribution in [1.82, 2.24) is 0 Å². The number of hydrogen-bond donors (Lipinski definition) is 0. The van der Waals surface area contributed by atoms with Crippen molar-refractivity contribution in [3.05, 3.63) is 24.3 Å². The molecule has 0 unspecified atom stereocenters. The van der Waals surface area contributed by atoms with Gasteiger partial charge in [-0.05, 0) is 42.5 Å². The van der Waals surface area contributed by atoms with Gasteiger partial charge in [-0.1, -0.05) is 34.1 Å². The number of rotatable bonds is 7. The van der Waals surface area contributed by atoms with Crippen LogP contribution in [0.3, 0.4) is 0 Å². The van der Waals surface area contributed by atoms with Crippen LogP contribution in [0.15, 0.2) is 24.3 Å². The van der Waals surface area contributed by atoms with Crippen LogP contribution in [0.5, 0.6) is 11.5 Å². The van der Waals surface area contributed by atoms with E-state index in [1.807, 2.05) is 0 Å². The van der Waals surface area contributed by atoms with Crippen LogP contribution < -0.4 is 9.47 Å². The van der Waals surface area contributed by atoms with Crippen molar-refractivity contribution >= 4 is 11.9 Å². The number of benzene rings is 1. The molecule has 0 aliphatic carbocycles. The Hall–Kier alpha value is -1.84. The van der Waals surface area contributed by atoms with Crippen LogP contribution in [0.25, 0.3) is 0 Å². The average molecular weight is 306 g/mol. The Labute approximate surface area is 132 Å². The highest BCUT2D eigenvalue weighted by molar-refractivity contribution is 5.73. The Morgan fingerprint density at radius 2 is 1.41 bits per heavy atom. The monoisotopic (exact) mass is 306 g/mol. The molecule has 122 valence electrons. The van der Waals surface area contributed by atoms with Crippen LogP contribution in [-0.2, 0) is 9.59 Å². The highest BCUT2D eigenvalue weighted by atomic mass is 16.5. The first-order valence-corrected chi connectivity index (χ1v) is 7.81. The van der Waals surface area contributed by atoms with E-state index in [-0.39, 0.29) is 11.9 Å². The van der Waals surface area contributed by atoms with Gasteiger partial charge in [-0.25, -0.2) is 0 Å². The van der Waals surface area contributed by atoms with Crippen molar-refractivity contribution in [1.29, 1.82) is 0 Å². The zero-order valence-corrected chi connectivity index (χ0v) is 14.0. The topological polar surface area (TPSA) is 52.6 Å². The highest BCUT2D eigenvalue weighted by Crippen LogP contribution is 2.22. The Morgan fingerprint density at radius 3 is 1.86 bits per heavy atom. The van der Waals surface area contributed by atoms with E-state index >= 15 is 0 Å². The zero-order valence-electron chi connectivity index (χ0n) is 14.0. The fourth-order valence-corrected chi connectivity index (χ4v) is 1.89. The van der Waals surface area contributed by atoms with Crippen LogP contribution in [0.2, 0.25) is 0 Å². The molecule has 1 aromatic carbocycles. The normalized spacial score (nSPS) is 11.1. The fraction of sp³-hybridized carbons (Fsp3) is 0.556. The van der Waals surface area contributed by atoms with E-state index in [4.69, 9.17) is 9.47 Å². The third-order valence-electron chi connectivity index (χ3n) is 3.13. The van der Waals surface area contributed by atoms with Crippen molar-refractivity contribution in [3.8, 4) is 11.5 Å². The minimum Gasteiger partial charge on any atom is -0.427 e. The van der Waals surface area contributed by atoms with Crippen molar-refractivity contribution in [2.45, 2.75) is 59.8 Å². The summed E-state index contributed by atoms with van der Waals surface area (Å²) in [6.45, 7) is 8.31. The van der Waals surface area contributed by atoms with Crippen LogP contribution in [0.4, 0.5) is 0 Å². The Balaban J connectivity index is 2.34. The summed E-state index contributed by atoms with van der Waals surface area (Å²) in [5, 5.41) is 0. The van der Waals surface area contributed by atoms with E-state index in [0.717, 1.165) is 19.3 Å². The molecule has 1 rings (SSSR count). The molecular weight excluding hydrogens is 280 g/mol. The quantitative estimate of drug-likeness (QED) is 0.422. The molecule has 0 bridgehead atoms. The molecule has 0 saturated heterocycles. The van der Waals surface area contributed by atoms with Gasteiger partial charge < -0.3 is 9.47 Å². The second kappa shape index (κ2) is 8.57. The summed E-state index contributed by atoms with van der Waals surface area (Å²) < 4.78 is 10.3. The third kappa shape index (κ3) is 7.81. The molecule has 0 spiro atoms. The second-order valence-electron chi connectivity index (χ2n) is 6.54. The molecule has 0 fully saturated rings. The SMILES string of the molecule is CCC(=O)Oc1ccc(OC(=O)CCCCC(C)(C)C)cc1. The molecule has 4 nitrogen and oxygen atoms in total. The zero-order chi connectivity index (χ0) is 16.6. The molecule has 0 radical (unpaired) electrons. The molecule has 0 aliphatic rings. The van der Waals surface area contributed by atoms with Crippen LogP contribution in [-0.4, -0.2) is 11.9 Å². The molecule has 0 heterocycles. The van der Waals surface area contributed by atoms with E-state index in [0.29, 0.717) is 29.8 Å². The lowest BCUT2D eigenvalue weighted by atomic mass is 9.89. The molecule has 0 aliphatic heterocycles. The average Bonchev–Trinajstić information content (AvgIpc) is 2.44. The lowest BCUT2D eigenvalue weighted by Crippen LogP contribution is -2.09. The summed E-state index contributed by atoms with van der Waals surface area (Å²) in [6, 6.07) is 6.50. The molecule has 1 aromatic rings. The van der Waals surface area contributed by atoms with Gasteiger partial charge in [0, 0.05) is 12.8 Å². The largest absolute Gasteiger partial charge is 0.427 e. The number of carbonyl (C=O) groups is 2. The number of ether oxygens (including phenoxy) is 2. The van der Waals surface area contributed by atoms with Gasteiger partial charge in [-0.3, -0.25) is 9.59 Å². The van der Waals surface area contributed by atoms with Gasteiger partial charge in [0.05, 0.1) is 0 Å². The van der Waals surface area contributed by atoms with Crippen LogP contribution >= 0.6 is 0 Å². The van der Waals surface area contributed by atoms with Gasteiger partial charge in [-0.2, -0.15) is 0 Å². The summed E-state index contributed by atoms with van der Waals surface area (Å²) >= 11 is 0. The van der Waals surface area contributed by atoms with Gasteiger partial charge in [0.2, 0.25) is 0 Å². The second-order valence-corrected chi connectivity index (χ2v) is 6.54. The molecule has 0 N–H and O–H groups in total. The Kier molecular flexibility index (Phi) is 7.09. The summed E-state index contributed by atoms with van der Waals surface area (Å²) in [5.41, 5.74) is 0.301. The van der Waals surface area contributed by atoms with Gasteiger partial charge >= 0.3 is 11.9 Å². The summed E-state index contributed by atoms with van der Waals surface area (Å²) in [6.07, 6.45) is 3.69. The standard InChI is InChI=1S/C18H26O4/c1-5-16(19)21-14-9-11-15(12-10-14)22-17(20)8-6-7-13-18(2,3)4/h9-12H,5-8,13H2,1-4H3. The van der Waals surface area contributed by atoms with Crippen molar-refractivity contribution < 1.29 is 19.1 Å². The Bertz CT molecular complexity index is 483. The summed E-state index contributed by atoms with van der Waals surface area (Å²) in [7, 11) is 0. The maximum atomic E-state index is 11.7. The molecule has 0 aromatic heterocycles. The fourth-order valence-electron chi connectivity index (χ4n) is 1.89. The predicted molar refractivity (Wildman–Crippen MR) is 85.9 cm³/mol. The summed E-state index contributed by atoms with van der Waals surface area (Å²) in [5.74, 6) is 0.407. The Morgan fingerprint density at radius 1 is 0.909 bits per heavy atom. The number of unbranched alkanes of at least 4 members (excludes halogenated alkanes) is 1. The molecule has 0 atom stereocenters. The first-order valence-electron chi connectivity index (χ1n) is 7.81. The maximum Gasteiger partial charge on any atom is 0.311 e. The molecular formula is C18H26O4. The molecule has 22 heavy (non-hydrogen) atoms. The molecule has 4 heteroatoms. The van der Waals surface area contributed by atoms with Crippen molar-refractivity contribution in [3.63, 3.8) is 0 Å². The lowest BCUT2D eigenvalue weighted by Gasteiger charge is -2.17. The van der Waals surface area contributed by atoms with Crippen molar-refractivity contribution in [2.24, 2.45) is 5.41 Å². The number of esters is 2. The summed E-state index contributed by atoms with van der Waals surface area (Å²) in [4.78, 5) is 22.9.